The average molecular weight is 129 g/mol. The van der Waals surface area contributed by atoms with Crippen LogP contribution >= 0.6 is 0 Å². The summed E-state index contributed by atoms with van der Waals surface area (Å²) in [5.74, 6) is 0.109. The van der Waals surface area contributed by atoms with Crippen LogP contribution in [0, 0.1) is 0 Å². The number of hydrogen-bond donors (Lipinski definition) is 0. The highest BCUT2D eigenvalue weighted by molar-refractivity contribution is 5.82. The Labute approximate surface area is 54.6 Å². The largest absolute Gasteiger partial charge is 0.372 e. The second-order valence-corrected chi connectivity index (χ2v) is 2.27. The number of ether oxygens (including phenoxy) is 1. The number of rotatable bonds is 1. The summed E-state index contributed by atoms with van der Waals surface area (Å²) >= 11 is 0. The third-order valence-corrected chi connectivity index (χ3v) is 1.66. The Morgan fingerprint density at radius 3 is 2.67 bits per heavy atom. The van der Waals surface area contributed by atoms with E-state index in [9.17, 15) is 4.79 Å². The summed E-state index contributed by atoms with van der Waals surface area (Å²) < 4.78 is 4.90. The highest BCUT2D eigenvalue weighted by atomic mass is 16.5. The molecule has 0 spiro atoms. The van der Waals surface area contributed by atoms with E-state index in [-0.39, 0.29) is 12.0 Å². The minimum Gasteiger partial charge on any atom is -0.372 e. The third kappa shape index (κ3) is 1.05. The molecule has 0 bridgehead atoms. The molecule has 1 heterocycles. The lowest BCUT2D eigenvalue weighted by atomic mass is 10.3. The molecule has 0 aromatic rings. The zero-order valence-electron chi connectivity index (χ0n) is 5.76. The van der Waals surface area contributed by atoms with E-state index in [0.29, 0.717) is 0 Å². The Balaban J connectivity index is 2.51. The van der Waals surface area contributed by atoms with Gasteiger partial charge in [-0.05, 0) is 0 Å². The second-order valence-electron chi connectivity index (χ2n) is 2.27. The summed E-state index contributed by atoms with van der Waals surface area (Å²) in [5.41, 5.74) is 0. The van der Waals surface area contributed by atoms with Crippen LogP contribution in [-0.2, 0) is 9.53 Å². The molecule has 1 amide bonds. The Morgan fingerprint density at radius 2 is 2.44 bits per heavy atom. The quantitative estimate of drug-likeness (QED) is 0.493. The molecular weight excluding hydrogens is 118 g/mol. The molecule has 1 unspecified atom stereocenters. The van der Waals surface area contributed by atoms with Crippen LogP contribution in [0.25, 0.3) is 0 Å². The smallest absolute Gasteiger partial charge is 0.251 e. The minimum atomic E-state index is -0.171. The summed E-state index contributed by atoms with van der Waals surface area (Å²) in [4.78, 5) is 12.6. The number of hydrogen-bond acceptors (Lipinski definition) is 2. The maximum Gasteiger partial charge on any atom is 0.251 e. The Kier molecular flexibility index (Phi) is 1.71. The van der Waals surface area contributed by atoms with Crippen molar-refractivity contribution < 1.29 is 9.53 Å². The van der Waals surface area contributed by atoms with E-state index in [1.807, 2.05) is 0 Å². The first kappa shape index (κ1) is 6.55. The van der Waals surface area contributed by atoms with E-state index in [0.717, 1.165) is 13.0 Å². The fourth-order valence-corrected chi connectivity index (χ4v) is 1.01. The molecule has 9 heavy (non-hydrogen) atoms. The summed E-state index contributed by atoms with van der Waals surface area (Å²) in [6.45, 7) is 0.831. The van der Waals surface area contributed by atoms with E-state index < -0.39 is 0 Å². The highest BCUT2D eigenvalue weighted by Gasteiger charge is 2.28. The fraction of sp³-hybridized carbons (Fsp3) is 0.833. The summed E-state index contributed by atoms with van der Waals surface area (Å²) in [7, 11) is 3.36. The SMILES string of the molecule is COC1CCN(C)C1=O. The van der Waals surface area contributed by atoms with Crippen molar-refractivity contribution in [3.63, 3.8) is 0 Å². The first-order valence-electron chi connectivity index (χ1n) is 3.03. The van der Waals surface area contributed by atoms with Gasteiger partial charge in [-0.25, -0.2) is 0 Å². The predicted octanol–water partition coefficient (Wildman–Crippen LogP) is -0.137. The monoisotopic (exact) mass is 129 g/mol. The topological polar surface area (TPSA) is 29.5 Å². The lowest BCUT2D eigenvalue weighted by Gasteiger charge is -2.07. The van der Waals surface area contributed by atoms with E-state index in [2.05, 4.69) is 0 Å². The van der Waals surface area contributed by atoms with Crippen molar-refractivity contribution in [3.8, 4) is 0 Å². The normalized spacial score (nSPS) is 27.6. The molecule has 1 rings (SSSR count). The van der Waals surface area contributed by atoms with Crippen molar-refractivity contribution >= 4 is 5.91 Å². The number of methoxy groups -OCH3 is 1. The van der Waals surface area contributed by atoms with Crippen molar-refractivity contribution in [3.05, 3.63) is 0 Å². The minimum absolute atomic E-state index is 0.109. The molecule has 1 aliphatic heterocycles. The van der Waals surface area contributed by atoms with Crippen molar-refractivity contribution in [2.45, 2.75) is 12.5 Å². The third-order valence-electron chi connectivity index (χ3n) is 1.66. The van der Waals surface area contributed by atoms with Crippen LogP contribution in [0.3, 0.4) is 0 Å². The maximum absolute atomic E-state index is 10.9. The Hall–Kier alpha value is -0.570. The summed E-state index contributed by atoms with van der Waals surface area (Å²) in [6, 6.07) is 0. The zero-order valence-corrected chi connectivity index (χ0v) is 5.76. The van der Waals surface area contributed by atoms with E-state index in [4.69, 9.17) is 4.74 Å². The molecule has 1 saturated heterocycles. The van der Waals surface area contributed by atoms with Gasteiger partial charge in [-0.2, -0.15) is 0 Å². The number of nitrogens with zero attached hydrogens (tertiary/aromatic N) is 1. The van der Waals surface area contributed by atoms with Crippen molar-refractivity contribution in [1.82, 2.24) is 4.90 Å². The lowest BCUT2D eigenvalue weighted by molar-refractivity contribution is -0.134. The van der Waals surface area contributed by atoms with Crippen molar-refractivity contribution in [2.24, 2.45) is 0 Å². The van der Waals surface area contributed by atoms with Crippen LogP contribution in [0.1, 0.15) is 6.42 Å². The van der Waals surface area contributed by atoms with Crippen molar-refractivity contribution in [2.75, 3.05) is 20.7 Å². The number of likely N-dealkylation sites (N-methyl/N-ethyl adjacent to an activating group) is 1. The van der Waals surface area contributed by atoms with Crippen LogP contribution in [-0.4, -0.2) is 37.6 Å². The van der Waals surface area contributed by atoms with Crippen LogP contribution in [0.4, 0.5) is 0 Å². The van der Waals surface area contributed by atoms with Gasteiger partial charge in [0.25, 0.3) is 5.91 Å². The summed E-state index contributed by atoms with van der Waals surface area (Å²) in [5, 5.41) is 0. The number of carbonyl (C=O) groups is 1. The van der Waals surface area contributed by atoms with Gasteiger partial charge in [0, 0.05) is 27.1 Å². The van der Waals surface area contributed by atoms with Gasteiger partial charge in [-0.3, -0.25) is 4.79 Å². The molecule has 0 radical (unpaired) electrons. The van der Waals surface area contributed by atoms with Gasteiger partial charge in [0.15, 0.2) is 0 Å². The molecule has 0 aliphatic carbocycles. The first-order chi connectivity index (χ1) is 4.25. The molecule has 1 aliphatic rings. The zero-order chi connectivity index (χ0) is 6.85. The van der Waals surface area contributed by atoms with Crippen LogP contribution in [0.15, 0.2) is 0 Å². The van der Waals surface area contributed by atoms with Gasteiger partial charge < -0.3 is 9.64 Å². The van der Waals surface area contributed by atoms with Crippen LogP contribution in [0.5, 0.6) is 0 Å². The van der Waals surface area contributed by atoms with Gasteiger partial charge in [0.1, 0.15) is 6.10 Å². The van der Waals surface area contributed by atoms with Gasteiger partial charge in [0.2, 0.25) is 0 Å². The lowest BCUT2D eigenvalue weighted by Crippen LogP contribution is -2.26. The van der Waals surface area contributed by atoms with Gasteiger partial charge in [0.05, 0.1) is 0 Å². The molecule has 1 fully saturated rings. The molecule has 0 N–H and O–H groups in total. The summed E-state index contributed by atoms with van der Waals surface area (Å²) in [6.07, 6.45) is 0.668. The highest BCUT2D eigenvalue weighted by Crippen LogP contribution is 2.10. The molecule has 3 heteroatoms. The molecule has 0 aromatic heterocycles. The molecule has 1 atom stereocenters. The molecular formula is C6H11NO2. The number of amides is 1. The Morgan fingerprint density at radius 1 is 1.78 bits per heavy atom. The fourth-order valence-electron chi connectivity index (χ4n) is 1.01. The van der Waals surface area contributed by atoms with E-state index in [1.165, 1.54) is 0 Å². The maximum atomic E-state index is 10.9. The molecule has 3 nitrogen and oxygen atoms in total. The van der Waals surface area contributed by atoms with E-state index in [1.54, 1.807) is 19.1 Å². The van der Waals surface area contributed by atoms with Gasteiger partial charge in [-0.15, -0.1) is 0 Å². The standard InChI is InChI=1S/C6H11NO2/c1-7-4-3-5(9-2)6(7)8/h5H,3-4H2,1-2H3. The first-order valence-corrected chi connectivity index (χ1v) is 3.03. The molecule has 0 aromatic carbocycles. The molecule has 0 saturated carbocycles. The van der Waals surface area contributed by atoms with Crippen molar-refractivity contribution in [1.29, 1.82) is 0 Å². The predicted molar refractivity (Wildman–Crippen MR) is 33.1 cm³/mol. The van der Waals surface area contributed by atoms with Crippen LogP contribution in [0.2, 0.25) is 0 Å². The second kappa shape index (κ2) is 2.35. The number of likely N-dealkylation sites (tertiary alicyclic amines) is 1. The van der Waals surface area contributed by atoms with Crippen LogP contribution < -0.4 is 0 Å². The Bertz CT molecular complexity index is 124. The van der Waals surface area contributed by atoms with E-state index >= 15 is 0 Å². The van der Waals surface area contributed by atoms with Gasteiger partial charge in [-0.1, -0.05) is 0 Å². The average Bonchev–Trinajstić information content (AvgIpc) is 2.15. The number of carbonyl (C=O) groups excluding carboxylic acids is 1. The van der Waals surface area contributed by atoms with Gasteiger partial charge >= 0.3 is 0 Å². The molecule has 52 valence electrons.